The first-order valence-corrected chi connectivity index (χ1v) is 16.6. The molecule has 3 N–H and O–H groups in total. The lowest BCUT2D eigenvalue weighted by atomic mass is 10.1. The molecule has 3 aliphatic heterocycles. The van der Waals surface area contributed by atoms with Gasteiger partial charge in [-0.15, -0.1) is 0 Å². The number of hydrogen-bond acceptors (Lipinski definition) is 8. The second-order valence-corrected chi connectivity index (χ2v) is 13.4. The second-order valence-electron chi connectivity index (χ2n) is 13.0. The largest absolute Gasteiger partial charge is 0.462 e. The summed E-state index contributed by atoms with van der Waals surface area (Å²) in [6.07, 6.45) is 14.5. The molecule has 10 heteroatoms. The van der Waals surface area contributed by atoms with E-state index in [1.54, 1.807) is 0 Å². The molecule has 0 aromatic carbocycles. The van der Waals surface area contributed by atoms with Crippen molar-refractivity contribution in [2.24, 2.45) is 23.7 Å². The normalized spacial score (nSPS) is 25.9. The minimum Gasteiger partial charge on any atom is -0.462 e. The molecule has 1 amide bonds. The molecule has 0 aromatic rings. The maximum atomic E-state index is 11.8. The summed E-state index contributed by atoms with van der Waals surface area (Å²) in [5, 5.41) is 21.1. The van der Waals surface area contributed by atoms with Crippen LogP contribution in [0.5, 0.6) is 0 Å². The third kappa shape index (κ3) is 13.3. The van der Waals surface area contributed by atoms with Crippen molar-refractivity contribution in [2.75, 3.05) is 45.8 Å². The van der Waals surface area contributed by atoms with Crippen LogP contribution in [0.4, 0.5) is 0 Å². The van der Waals surface area contributed by atoms with Gasteiger partial charge in [-0.3, -0.25) is 14.4 Å². The number of aliphatic hydroxyl groups is 2. The SMILES string of the molecule is O=C(Cl)C1CC1.O=C(OC1CCN(C(=O)C2CC2)CC1)C1CC1.OC1CCN(CC2CC2)CC1.OC1CCNCC1. The maximum Gasteiger partial charge on any atom is 0.309 e. The van der Waals surface area contributed by atoms with Gasteiger partial charge in [0, 0.05) is 57.4 Å². The van der Waals surface area contributed by atoms with Gasteiger partial charge in [-0.1, -0.05) is 0 Å². The number of nitrogens with zero attached hydrogens (tertiary/aromatic N) is 2. The van der Waals surface area contributed by atoms with Crippen molar-refractivity contribution in [1.29, 1.82) is 0 Å². The summed E-state index contributed by atoms with van der Waals surface area (Å²) >= 11 is 5.04. The van der Waals surface area contributed by atoms with Gasteiger partial charge in [-0.25, -0.2) is 0 Å². The predicted molar refractivity (Wildman–Crippen MR) is 157 cm³/mol. The summed E-state index contributed by atoms with van der Waals surface area (Å²) in [6.45, 7) is 7.04. The lowest BCUT2D eigenvalue weighted by molar-refractivity contribution is -0.153. The van der Waals surface area contributed by atoms with Gasteiger partial charge in [0.15, 0.2) is 0 Å². The summed E-state index contributed by atoms with van der Waals surface area (Å²) in [6, 6.07) is 0. The van der Waals surface area contributed by atoms with E-state index in [-0.39, 0.29) is 41.4 Å². The van der Waals surface area contributed by atoms with Crippen molar-refractivity contribution in [1.82, 2.24) is 15.1 Å². The van der Waals surface area contributed by atoms with Crippen LogP contribution >= 0.6 is 11.6 Å². The number of halogens is 1. The molecule has 0 bridgehead atoms. The van der Waals surface area contributed by atoms with Crippen LogP contribution in [-0.2, 0) is 19.1 Å². The molecule has 4 saturated carbocycles. The molecule has 9 nitrogen and oxygen atoms in total. The van der Waals surface area contributed by atoms with Crippen molar-refractivity contribution in [3.8, 4) is 0 Å². The molecule has 0 unspecified atom stereocenters. The zero-order valence-electron chi connectivity index (χ0n) is 24.7. The Hall–Kier alpha value is -1.26. The Bertz CT molecular complexity index is 824. The van der Waals surface area contributed by atoms with E-state index < -0.39 is 0 Å². The number of likely N-dealkylation sites (tertiary alicyclic amines) is 2. The molecular formula is C31H52ClN3O6. The third-order valence-electron chi connectivity index (χ3n) is 8.85. The fraction of sp³-hybridized carbons (Fsp3) is 0.903. The highest BCUT2D eigenvalue weighted by molar-refractivity contribution is 6.64. The van der Waals surface area contributed by atoms with Crippen LogP contribution < -0.4 is 5.32 Å². The van der Waals surface area contributed by atoms with Gasteiger partial charge < -0.3 is 30.1 Å². The van der Waals surface area contributed by atoms with Gasteiger partial charge in [-0.2, -0.15) is 0 Å². The fourth-order valence-corrected chi connectivity index (χ4v) is 5.46. The van der Waals surface area contributed by atoms with E-state index in [4.69, 9.17) is 21.4 Å². The number of rotatable bonds is 6. The van der Waals surface area contributed by atoms with Crippen LogP contribution in [0.1, 0.15) is 89.9 Å². The summed E-state index contributed by atoms with van der Waals surface area (Å²) < 4.78 is 5.44. The highest BCUT2D eigenvalue weighted by Gasteiger charge is 2.37. The predicted octanol–water partition coefficient (Wildman–Crippen LogP) is 3.09. The summed E-state index contributed by atoms with van der Waals surface area (Å²) in [4.78, 5) is 37.7. The molecule has 3 saturated heterocycles. The van der Waals surface area contributed by atoms with Crippen molar-refractivity contribution < 1.29 is 29.3 Å². The summed E-state index contributed by atoms with van der Waals surface area (Å²) in [5.41, 5.74) is 0. The topological polar surface area (TPSA) is 119 Å². The van der Waals surface area contributed by atoms with Crippen LogP contribution in [0.15, 0.2) is 0 Å². The molecule has 7 fully saturated rings. The number of piperidine rings is 3. The van der Waals surface area contributed by atoms with E-state index in [1.807, 2.05) is 4.90 Å². The van der Waals surface area contributed by atoms with Gasteiger partial charge in [0.1, 0.15) is 6.10 Å². The van der Waals surface area contributed by atoms with Crippen LogP contribution in [0.3, 0.4) is 0 Å². The molecule has 4 aliphatic carbocycles. The standard InChI is InChI=1S/C13H19NO3.C9H17NO.C5H11NO.C4H5ClO/c15-12(9-1-2-9)14-7-5-11(6-8-14)17-13(16)10-3-4-10;11-9-3-5-10(6-4-9)7-8-1-2-8;7-5-1-3-6-4-2-5;5-4(6)3-1-2-3/h9-11H,1-8H2;8-9,11H,1-7H2;5-7H,1-4H2;3H,1-2H2. The smallest absolute Gasteiger partial charge is 0.309 e. The Morgan fingerprint density at radius 3 is 1.63 bits per heavy atom. The van der Waals surface area contributed by atoms with Crippen LogP contribution in [-0.4, -0.2) is 101 Å². The monoisotopic (exact) mass is 597 g/mol. The molecule has 0 atom stereocenters. The lowest BCUT2D eigenvalue weighted by Gasteiger charge is -2.31. The Morgan fingerprint density at radius 1 is 0.683 bits per heavy atom. The zero-order chi connectivity index (χ0) is 29.2. The number of carbonyl (C=O) groups is 3. The van der Waals surface area contributed by atoms with Crippen LogP contribution in [0, 0.1) is 23.7 Å². The minimum absolute atomic E-state index is 0.00884. The molecule has 41 heavy (non-hydrogen) atoms. The first-order valence-electron chi connectivity index (χ1n) is 16.3. The van der Waals surface area contributed by atoms with E-state index in [0.717, 1.165) is 122 Å². The highest BCUT2D eigenvalue weighted by atomic mass is 35.5. The number of amides is 1. The summed E-state index contributed by atoms with van der Waals surface area (Å²) in [7, 11) is 0. The van der Waals surface area contributed by atoms with Gasteiger partial charge >= 0.3 is 5.97 Å². The number of ether oxygens (including phenoxy) is 1. The van der Waals surface area contributed by atoms with E-state index in [1.165, 1.54) is 19.4 Å². The second kappa shape index (κ2) is 16.6. The average Bonchev–Trinajstić information content (AvgIpc) is 3.82. The highest BCUT2D eigenvalue weighted by Crippen LogP contribution is 2.34. The Morgan fingerprint density at radius 2 is 1.22 bits per heavy atom. The van der Waals surface area contributed by atoms with Gasteiger partial charge in [-0.05, 0) is 108 Å². The Balaban J connectivity index is 0.000000138. The van der Waals surface area contributed by atoms with E-state index >= 15 is 0 Å². The van der Waals surface area contributed by atoms with Crippen LogP contribution in [0.25, 0.3) is 0 Å². The molecular weight excluding hydrogens is 546 g/mol. The summed E-state index contributed by atoms with van der Waals surface area (Å²) in [5.74, 6) is 2.02. The number of esters is 1. The lowest BCUT2D eigenvalue weighted by Crippen LogP contribution is -2.42. The Kier molecular flexibility index (Phi) is 13.2. The first kappa shape index (κ1) is 32.6. The minimum atomic E-state index is -0.157. The van der Waals surface area contributed by atoms with Crippen molar-refractivity contribution in [2.45, 2.75) is 108 Å². The first-order chi connectivity index (χ1) is 19.8. The van der Waals surface area contributed by atoms with Gasteiger partial charge in [0.25, 0.3) is 0 Å². The van der Waals surface area contributed by atoms with Crippen molar-refractivity contribution in [3.63, 3.8) is 0 Å². The molecule has 234 valence electrons. The Labute approximate surface area is 250 Å². The zero-order valence-corrected chi connectivity index (χ0v) is 25.4. The molecule has 0 aromatic heterocycles. The molecule has 0 spiro atoms. The molecule has 7 aliphatic rings. The number of aliphatic hydroxyl groups excluding tert-OH is 2. The van der Waals surface area contributed by atoms with Crippen molar-refractivity contribution >= 4 is 28.7 Å². The average molecular weight is 598 g/mol. The quantitative estimate of drug-likeness (QED) is 0.316. The molecule has 3 heterocycles. The van der Waals surface area contributed by atoms with E-state index in [0.29, 0.717) is 11.8 Å². The van der Waals surface area contributed by atoms with Crippen molar-refractivity contribution in [3.05, 3.63) is 0 Å². The number of hydrogen-bond donors (Lipinski definition) is 3. The van der Waals surface area contributed by atoms with Gasteiger partial charge in [0.05, 0.1) is 18.1 Å². The van der Waals surface area contributed by atoms with Gasteiger partial charge in [0.2, 0.25) is 11.1 Å². The van der Waals surface area contributed by atoms with Crippen LogP contribution in [0.2, 0.25) is 0 Å². The number of carbonyl (C=O) groups excluding carboxylic acids is 3. The molecule has 0 radical (unpaired) electrons. The number of nitrogens with one attached hydrogen (secondary N) is 1. The van der Waals surface area contributed by atoms with E-state index in [9.17, 15) is 19.5 Å². The fourth-order valence-electron chi connectivity index (χ4n) is 5.25. The third-order valence-corrected chi connectivity index (χ3v) is 9.16. The maximum absolute atomic E-state index is 11.8. The molecule has 7 rings (SSSR count). The van der Waals surface area contributed by atoms with E-state index in [2.05, 4.69) is 10.2 Å².